The van der Waals surface area contributed by atoms with Crippen molar-refractivity contribution in [2.45, 2.75) is 58.6 Å². The van der Waals surface area contributed by atoms with Crippen molar-refractivity contribution in [3.63, 3.8) is 0 Å². The molecular weight excluding hydrogens is 252 g/mol. The van der Waals surface area contributed by atoms with Gasteiger partial charge < -0.3 is 15.3 Å². The third-order valence-corrected chi connectivity index (χ3v) is 5.30. The Bertz CT molecular complexity index is 343. The van der Waals surface area contributed by atoms with Crippen LogP contribution in [-0.2, 0) is 4.79 Å². The smallest absolute Gasteiger partial charge is 0.225 e. The number of aliphatic hydroxyl groups is 1. The van der Waals surface area contributed by atoms with Gasteiger partial charge in [-0.2, -0.15) is 0 Å². The molecule has 4 heteroatoms. The van der Waals surface area contributed by atoms with Crippen LogP contribution in [0.15, 0.2) is 0 Å². The van der Waals surface area contributed by atoms with Crippen molar-refractivity contribution < 1.29 is 9.90 Å². The predicted octanol–water partition coefficient (Wildman–Crippen LogP) is 1.63. The van der Waals surface area contributed by atoms with Gasteiger partial charge in [0.15, 0.2) is 0 Å². The van der Waals surface area contributed by atoms with Crippen LogP contribution in [0.3, 0.4) is 0 Å². The lowest BCUT2D eigenvalue weighted by molar-refractivity contribution is -0.139. The molecule has 2 rings (SSSR count). The van der Waals surface area contributed by atoms with E-state index < -0.39 is 6.10 Å². The van der Waals surface area contributed by atoms with Crippen molar-refractivity contribution in [3.8, 4) is 0 Å². The maximum atomic E-state index is 12.6. The number of hydrogen-bond acceptors (Lipinski definition) is 3. The Labute approximate surface area is 122 Å². The van der Waals surface area contributed by atoms with Gasteiger partial charge in [-0.3, -0.25) is 4.79 Å². The van der Waals surface area contributed by atoms with Crippen LogP contribution in [0.1, 0.15) is 46.5 Å². The number of likely N-dealkylation sites (N-methyl/N-ethyl adjacent to an activating group) is 1. The summed E-state index contributed by atoms with van der Waals surface area (Å²) in [5, 5.41) is 13.0. The van der Waals surface area contributed by atoms with Crippen molar-refractivity contribution in [2.75, 3.05) is 20.1 Å². The number of amides is 1. The number of carbonyl (C=O) groups is 1. The number of hydrogen-bond donors (Lipinski definition) is 2. The number of nitrogens with one attached hydrogen (secondary N) is 1. The number of rotatable bonds is 2. The molecule has 2 fully saturated rings. The van der Waals surface area contributed by atoms with E-state index in [1.807, 2.05) is 7.05 Å². The number of aliphatic hydroxyl groups excluding tert-OH is 1. The van der Waals surface area contributed by atoms with E-state index in [0.29, 0.717) is 18.5 Å². The van der Waals surface area contributed by atoms with Gasteiger partial charge in [0.1, 0.15) is 0 Å². The summed E-state index contributed by atoms with van der Waals surface area (Å²) in [5.41, 5.74) is 0.353. The number of nitrogens with zero attached hydrogens (tertiary/aromatic N) is 1. The van der Waals surface area contributed by atoms with E-state index in [0.717, 1.165) is 31.6 Å². The molecule has 1 saturated heterocycles. The van der Waals surface area contributed by atoms with Gasteiger partial charge in [0.25, 0.3) is 0 Å². The van der Waals surface area contributed by atoms with Crippen LogP contribution in [-0.4, -0.2) is 48.2 Å². The molecule has 0 aromatic rings. The van der Waals surface area contributed by atoms with E-state index in [2.05, 4.69) is 26.1 Å². The van der Waals surface area contributed by atoms with Gasteiger partial charge in [0.05, 0.1) is 12.1 Å². The summed E-state index contributed by atoms with van der Waals surface area (Å²) in [6, 6.07) is -0.0529. The Balaban J connectivity index is 1.88. The SMILES string of the molecule is CN(C(=O)C1CCC(C(C)(C)C)CC1)[C@@H]1CNC[C@H]1O. The van der Waals surface area contributed by atoms with E-state index in [4.69, 9.17) is 0 Å². The second-order valence-corrected chi connectivity index (χ2v) is 7.66. The fourth-order valence-corrected chi connectivity index (χ4v) is 3.70. The molecule has 116 valence electrons. The van der Waals surface area contributed by atoms with Crippen LogP contribution >= 0.6 is 0 Å². The van der Waals surface area contributed by atoms with Crippen LogP contribution < -0.4 is 5.32 Å². The zero-order valence-electron chi connectivity index (χ0n) is 13.4. The lowest BCUT2D eigenvalue weighted by Gasteiger charge is -2.38. The first-order chi connectivity index (χ1) is 9.30. The highest BCUT2D eigenvalue weighted by molar-refractivity contribution is 5.79. The van der Waals surface area contributed by atoms with Crippen molar-refractivity contribution in [1.82, 2.24) is 10.2 Å². The minimum atomic E-state index is -0.421. The highest BCUT2D eigenvalue weighted by Gasteiger charge is 2.37. The summed E-state index contributed by atoms with van der Waals surface area (Å²) in [5.74, 6) is 1.12. The normalized spacial score (nSPS) is 35.0. The number of carbonyl (C=O) groups excluding carboxylic acids is 1. The Hall–Kier alpha value is -0.610. The third kappa shape index (κ3) is 3.34. The molecule has 0 radical (unpaired) electrons. The maximum Gasteiger partial charge on any atom is 0.225 e. The molecule has 1 amide bonds. The van der Waals surface area contributed by atoms with E-state index in [1.54, 1.807) is 4.90 Å². The molecule has 0 aromatic carbocycles. The zero-order valence-corrected chi connectivity index (χ0v) is 13.4. The summed E-state index contributed by atoms with van der Waals surface area (Å²) >= 11 is 0. The highest BCUT2D eigenvalue weighted by Crippen LogP contribution is 2.40. The number of β-amino-alcohol motifs (C(OH)–C–C–N with tert-alkyl or cyclic N) is 1. The molecule has 0 bridgehead atoms. The fraction of sp³-hybridized carbons (Fsp3) is 0.938. The van der Waals surface area contributed by atoms with Gasteiger partial charge in [-0.15, -0.1) is 0 Å². The second-order valence-electron chi connectivity index (χ2n) is 7.66. The molecule has 2 N–H and O–H groups in total. The fourth-order valence-electron chi connectivity index (χ4n) is 3.70. The lowest BCUT2D eigenvalue weighted by atomic mass is 9.69. The Kier molecular flexibility index (Phi) is 4.75. The molecule has 1 aliphatic carbocycles. The topological polar surface area (TPSA) is 52.6 Å². The van der Waals surface area contributed by atoms with Crippen molar-refractivity contribution in [1.29, 1.82) is 0 Å². The van der Waals surface area contributed by atoms with Crippen molar-refractivity contribution >= 4 is 5.91 Å². The van der Waals surface area contributed by atoms with Crippen molar-refractivity contribution in [2.24, 2.45) is 17.3 Å². The molecule has 1 heterocycles. The summed E-state index contributed by atoms with van der Waals surface area (Å²) in [4.78, 5) is 14.4. The summed E-state index contributed by atoms with van der Waals surface area (Å²) in [7, 11) is 1.85. The van der Waals surface area contributed by atoms with Crippen LogP contribution in [0, 0.1) is 17.3 Å². The molecule has 0 spiro atoms. The van der Waals surface area contributed by atoms with E-state index >= 15 is 0 Å². The first-order valence-electron chi connectivity index (χ1n) is 7.96. The zero-order chi connectivity index (χ0) is 14.9. The van der Waals surface area contributed by atoms with Gasteiger partial charge in [0.2, 0.25) is 5.91 Å². The summed E-state index contributed by atoms with van der Waals surface area (Å²) < 4.78 is 0. The molecule has 4 nitrogen and oxygen atoms in total. The van der Waals surface area contributed by atoms with Crippen LogP contribution in [0.2, 0.25) is 0 Å². The molecule has 1 saturated carbocycles. The van der Waals surface area contributed by atoms with E-state index in [-0.39, 0.29) is 17.9 Å². The standard InChI is InChI=1S/C16H30N2O2/c1-16(2,3)12-7-5-11(6-8-12)15(20)18(4)13-9-17-10-14(13)19/h11-14,17,19H,5-10H2,1-4H3/t11?,12?,13-,14-/m1/s1. The van der Waals surface area contributed by atoms with Gasteiger partial charge in [0, 0.05) is 26.1 Å². The summed E-state index contributed by atoms with van der Waals surface area (Å²) in [6.07, 6.45) is 3.89. The molecule has 2 aliphatic rings. The van der Waals surface area contributed by atoms with Crippen LogP contribution in [0.5, 0.6) is 0 Å². The average Bonchev–Trinajstić information content (AvgIpc) is 2.82. The summed E-state index contributed by atoms with van der Waals surface area (Å²) in [6.45, 7) is 8.20. The minimum absolute atomic E-state index is 0.0529. The quantitative estimate of drug-likeness (QED) is 0.809. The Morgan fingerprint density at radius 1 is 1.15 bits per heavy atom. The van der Waals surface area contributed by atoms with E-state index in [9.17, 15) is 9.90 Å². The van der Waals surface area contributed by atoms with Crippen LogP contribution in [0.4, 0.5) is 0 Å². The molecule has 1 aliphatic heterocycles. The Morgan fingerprint density at radius 2 is 1.75 bits per heavy atom. The second kappa shape index (κ2) is 6.02. The molecule has 0 aromatic heterocycles. The van der Waals surface area contributed by atoms with Gasteiger partial charge in [-0.1, -0.05) is 20.8 Å². The predicted molar refractivity (Wildman–Crippen MR) is 80.3 cm³/mol. The largest absolute Gasteiger partial charge is 0.390 e. The van der Waals surface area contributed by atoms with Gasteiger partial charge in [-0.25, -0.2) is 0 Å². The maximum absolute atomic E-state index is 12.6. The van der Waals surface area contributed by atoms with Crippen molar-refractivity contribution in [3.05, 3.63) is 0 Å². The van der Waals surface area contributed by atoms with E-state index in [1.165, 1.54) is 0 Å². The molecule has 2 atom stereocenters. The molecule has 20 heavy (non-hydrogen) atoms. The van der Waals surface area contributed by atoms with Gasteiger partial charge in [-0.05, 0) is 37.0 Å². The lowest BCUT2D eigenvalue weighted by Crippen LogP contribution is -2.47. The minimum Gasteiger partial charge on any atom is -0.390 e. The van der Waals surface area contributed by atoms with Gasteiger partial charge >= 0.3 is 0 Å². The third-order valence-electron chi connectivity index (χ3n) is 5.30. The first-order valence-corrected chi connectivity index (χ1v) is 7.96. The average molecular weight is 282 g/mol. The highest BCUT2D eigenvalue weighted by atomic mass is 16.3. The Morgan fingerprint density at radius 3 is 2.20 bits per heavy atom. The molecular formula is C16H30N2O2. The molecule has 0 unspecified atom stereocenters. The van der Waals surface area contributed by atoms with Crippen LogP contribution in [0.25, 0.3) is 0 Å². The first kappa shape index (κ1) is 15.8. The monoisotopic (exact) mass is 282 g/mol.